The van der Waals surface area contributed by atoms with Gasteiger partial charge in [0.05, 0.1) is 48.7 Å². The molecule has 1 aliphatic rings. The fourth-order valence-corrected chi connectivity index (χ4v) is 9.22. The summed E-state index contributed by atoms with van der Waals surface area (Å²) in [5, 5.41) is 9.07. The first-order valence-electron chi connectivity index (χ1n) is 21.2. The average molecular weight is 828 g/mol. The van der Waals surface area contributed by atoms with Crippen LogP contribution < -0.4 is 16.4 Å². The number of nitrogens with two attached hydrogens (primary N) is 1. The maximum absolute atomic E-state index is 14.4. The predicted molar refractivity (Wildman–Crippen MR) is 231 cm³/mol. The standard InChI is InChI=1S/C44H73N7O6S/c1-12-30(6)39(50(9)44(55)37(28(2)3)48-42(54)38(29(4)5)49(8)23-17-21-45)35(56-10)27-36(52)51-24-16-20-34(51)40(57-11)31(7)41(53)47-33(43-46-22-25-58-43)26-32-18-14-13-15-19-32/h13-15,18-19,22,25,28-31,33-35,37-40H,12,16-17,20-21,23-24,26-27,45H2,1-11H3,(H,47,53)(H,48,54)/t30-,31+,33-,34?,35+,37?,38?,39-,40+/m0/s1. The molecule has 4 amide bonds. The van der Waals surface area contributed by atoms with Crippen LogP contribution in [0.15, 0.2) is 41.9 Å². The third kappa shape index (κ3) is 13.0. The fourth-order valence-electron chi connectivity index (χ4n) is 8.53. The Labute approximate surface area is 352 Å². The molecule has 0 saturated carbocycles. The van der Waals surface area contributed by atoms with Crippen LogP contribution >= 0.6 is 11.3 Å². The van der Waals surface area contributed by atoms with Gasteiger partial charge in [0.2, 0.25) is 23.6 Å². The first-order valence-corrected chi connectivity index (χ1v) is 22.0. The number of hydrogen-bond acceptors (Lipinski definition) is 10. The van der Waals surface area contributed by atoms with Gasteiger partial charge < -0.3 is 35.6 Å². The second-order valence-electron chi connectivity index (χ2n) is 16.8. The Morgan fingerprint density at radius 2 is 1.67 bits per heavy atom. The van der Waals surface area contributed by atoms with E-state index in [9.17, 15) is 19.2 Å². The molecule has 326 valence electrons. The van der Waals surface area contributed by atoms with Crippen molar-refractivity contribution in [2.45, 2.75) is 129 Å². The summed E-state index contributed by atoms with van der Waals surface area (Å²) in [6.45, 7) is 15.6. The number of nitrogens with one attached hydrogen (secondary N) is 2. The molecule has 0 bridgehead atoms. The minimum Gasteiger partial charge on any atom is -0.379 e. The van der Waals surface area contributed by atoms with Crippen molar-refractivity contribution in [3.63, 3.8) is 0 Å². The number of benzene rings is 1. The summed E-state index contributed by atoms with van der Waals surface area (Å²) in [5.74, 6) is -1.45. The van der Waals surface area contributed by atoms with Crippen LogP contribution in [-0.4, -0.2) is 128 Å². The van der Waals surface area contributed by atoms with Crippen molar-refractivity contribution in [3.05, 3.63) is 52.5 Å². The Hall–Kier alpha value is -3.43. The first-order chi connectivity index (χ1) is 27.6. The number of thiazole rings is 1. The van der Waals surface area contributed by atoms with E-state index < -0.39 is 36.3 Å². The van der Waals surface area contributed by atoms with Crippen LogP contribution in [-0.2, 0) is 35.1 Å². The summed E-state index contributed by atoms with van der Waals surface area (Å²) in [4.78, 5) is 66.5. The van der Waals surface area contributed by atoms with E-state index in [1.807, 2.05) is 87.2 Å². The van der Waals surface area contributed by atoms with E-state index in [2.05, 4.69) is 29.5 Å². The van der Waals surface area contributed by atoms with Gasteiger partial charge >= 0.3 is 0 Å². The quantitative estimate of drug-likeness (QED) is 0.134. The molecule has 0 radical (unpaired) electrons. The molecule has 1 aliphatic heterocycles. The van der Waals surface area contributed by atoms with Gasteiger partial charge in [0, 0.05) is 39.4 Å². The molecule has 1 aromatic heterocycles. The molecule has 0 aliphatic carbocycles. The summed E-state index contributed by atoms with van der Waals surface area (Å²) in [6, 6.07) is 7.74. The van der Waals surface area contributed by atoms with Crippen molar-refractivity contribution in [1.29, 1.82) is 0 Å². The molecule has 1 fully saturated rings. The highest BCUT2D eigenvalue weighted by Gasteiger charge is 2.43. The van der Waals surface area contributed by atoms with Gasteiger partial charge in [-0.15, -0.1) is 11.3 Å². The molecule has 14 heteroatoms. The smallest absolute Gasteiger partial charge is 0.245 e. The summed E-state index contributed by atoms with van der Waals surface area (Å²) in [6.07, 6.45) is 4.20. The highest BCUT2D eigenvalue weighted by molar-refractivity contribution is 7.09. The van der Waals surface area contributed by atoms with Crippen molar-refractivity contribution in [2.75, 3.05) is 47.9 Å². The lowest BCUT2D eigenvalue weighted by atomic mass is 9.89. The molecule has 58 heavy (non-hydrogen) atoms. The Bertz CT molecular complexity index is 1550. The van der Waals surface area contributed by atoms with Gasteiger partial charge in [-0.25, -0.2) is 4.98 Å². The zero-order chi connectivity index (χ0) is 43.1. The maximum Gasteiger partial charge on any atom is 0.245 e. The number of rotatable bonds is 24. The predicted octanol–water partition coefficient (Wildman–Crippen LogP) is 4.91. The van der Waals surface area contributed by atoms with Gasteiger partial charge in [0.15, 0.2) is 0 Å². The van der Waals surface area contributed by atoms with Crippen molar-refractivity contribution in [1.82, 2.24) is 30.3 Å². The van der Waals surface area contributed by atoms with E-state index in [1.165, 1.54) is 11.3 Å². The Morgan fingerprint density at radius 3 is 2.22 bits per heavy atom. The largest absolute Gasteiger partial charge is 0.379 e. The third-order valence-electron chi connectivity index (χ3n) is 11.9. The monoisotopic (exact) mass is 828 g/mol. The van der Waals surface area contributed by atoms with Gasteiger partial charge in [-0.1, -0.05) is 85.2 Å². The van der Waals surface area contributed by atoms with Crippen LogP contribution in [0.25, 0.3) is 0 Å². The second kappa shape index (κ2) is 24.0. The van der Waals surface area contributed by atoms with Crippen LogP contribution in [0.2, 0.25) is 0 Å². The van der Waals surface area contributed by atoms with Crippen LogP contribution in [0.1, 0.15) is 97.2 Å². The summed E-state index contributed by atoms with van der Waals surface area (Å²) >= 11 is 1.51. The Kier molecular flexibility index (Phi) is 20.2. The van der Waals surface area contributed by atoms with Gasteiger partial charge in [0.25, 0.3) is 0 Å². The van der Waals surface area contributed by atoms with E-state index >= 15 is 0 Å². The molecule has 1 saturated heterocycles. The molecular formula is C44H73N7O6S. The molecule has 9 atom stereocenters. The van der Waals surface area contributed by atoms with Crippen LogP contribution in [0.4, 0.5) is 0 Å². The molecule has 3 unspecified atom stereocenters. The summed E-state index contributed by atoms with van der Waals surface area (Å²) < 4.78 is 12.1. The number of carbonyl (C=O) groups excluding carboxylic acids is 4. The second-order valence-corrected chi connectivity index (χ2v) is 17.7. The number of likely N-dealkylation sites (tertiary alicyclic amines) is 1. The number of likely N-dealkylation sites (N-methyl/N-ethyl adjacent to an activating group) is 2. The third-order valence-corrected chi connectivity index (χ3v) is 12.8. The van der Waals surface area contributed by atoms with E-state index in [0.717, 1.165) is 29.8 Å². The number of amides is 4. The highest BCUT2D eigenvalue weighted by atomic mass is 32.1. The summed E-state index contributed by atoms with van der Waals surface area (Å²) in [7, 11) is 6.85. The fraction of sp³-hybridized carbons (Fsp3) is 0.705. The lowest BCUT2D eigenvalue weighted by molar-refractivity contribution is -0.148. The highest BCUT2D eigenvalue weighted by Crippen LogP contribution is 2.30. The van der Waals surface area contributed by atoms with Gasteiger partial charge in [0.1, 0.15) is 11.0 Å². The Morgan fingerprint density at radius 1 is 0.983 bits per heavy atom. The van der Waals surface area contributed by atoms with E-state index in [0.29, 0.717) is 32.5 Å². The topological polar surface area (TPSA) is 159 Å². The number of aromatic nitrogens is 1. The first kappa shape index (κ1) is 48.9. The number of carbonyl (C=O) groups is 4. The van der Waals surface area contributed by atoms with Gasteiger partial charge in [-0.05, 0) is 69.1 Å². The van der Waals surface area contributed by atoms with Crippen molar-refractivity contribution in [2.24, 2.45) is 29.4 Å². The number of nitrogens with zero attached hydrogens (tertiary/aromatic N) is 4. The maximum atomic E-state index is 14.4. The average Bonchev–Trinajstić information content (AvgIpc) is 3.92. The van der Waals surface area contributed by atoms with E-state index in [-0.39, 0.29) is 59.9 Å². The van der Waals surface area contributed by atoms with E-state index in [1.54, 1.807) is 32.4 Å². The van der Waals surface area contributed by atoms with Crippen LogP contribution in [0.5, 0.6) is 0 Å². The zero-order valence-electron chi connectivity index (χ0n) is 37.0. The Balaban J connectivity index is 1.79. The summed E-state index contributed by atoms with van der Waals surface area (Å²) in [5.41, 5.74) is 6.84. The molecule has 1 aromatic carbocycles. The molecule has 2 aromatic rings. The van der Waals surface area contributed by atoms with Crippen molar-refractivity contribution >= 4 is 35.0 Å². The van der Waals surface area contributed by atoms with Crippen LogP contribution in [0, 0.1) is 23.7 Å². The minimum absolute atomic E-state index is 0.0183. The molecule has 2 heterocycles. The number of ether oxygens (including phenoxy) is 2. The molecule has 0 spiro atoms. The van der Waals surface area contributed by atoms with Gasteiger partial charge in [-0.2, -0.15) is 0 Å². The van der Waals surface area contributed by atoms with Crippen LogP contribution in [0.3, 0.4) is 0 Å². The molecule has 3 rings (SSSR count). The normalized spacial score (nSPS) is 18.7. The number of methoxy groups -OCH3 is 2. The number of hydrogen-bond donors (Lipinski definition) is 3. The zero-order valence-corrected chi connectivity index (χ0v) is 37.8. The lowest BCUT2D eigenvalue weighted by Gasteiger charge is -2.41. The van der Waals surface area contributed by atoms with Crippen molar-refractivity contribution < 1.29 is 28.7 Å². The minimum atomic E-state index is -0.776. The lowest BCUT2D eigenvalue weighted by Crippen LogP contribution is -2.60. The van der Waals surface area contributed by atoms with Gasteiger partial charge in [-0.3, -0.25) is 24.1 Å². The van der Waals surface area contributed by atoms with Crippen molar-refractivity contribution in [3.8, 4) is 0 Å². The molecular weight excluding hydrogens is 755 g/mol. The molecule has 4 N–H and O–H groups in total. The molecule has 13 nitrogen and oxygen atoms in total. The van der Waals surface area contributed by atoms with E-state index in [4.69, 9.17) is 15.2 Å². The SMILES string of the molecule is CC[C@H](C)[C@@H]([C@@H](CC(=O)N1CCCC1[C@H](OC)[C@@H](C)C(=O)N[C@@H](Cc1ccccc1)c1nccs1)OC)N(C)C(=O)C(NC(=O)C(C(C)C)N(C)CCCN)C(C)C.